The molecule has 1 saturated carbocycles. The Bertz CT molecular complexity index is 315. The lowest BCUT2D eigenvalue weighted by Gasteiger charge is -2.31. The summed E-state index contributed by atoms with van der Waals surface area (Å²) < 4.78 is 0. The van der Waals surface area contributed by atoms with E-state index in [1.54, 1.807) is 0 Å². The summed E-state index contributed by atoms with van der Waals surface area (Å²) in [5, 5.41) is 6.64. The Balaban J connectivity index is 1.69. The van der Waals surface area contributed by atoms with Gasteiger partial charge in [0.05, 0.1) is 0 Å². The third kappa shape index (κ3) is 5.61. The van der Waals surface area contributed by atoms with Crippen LogP contribution in [0.5, 0.6) is 0 Å². The third-order valence-corrected chi connectivity index (χ3v) is 5.40. The Hall–Kier alpha value is -0.570. The van der Waals surface area contributed by atoms with Crippen molar-refractivity contribution in [3.8, 4) is 0 Å². The molecular formula is C18H34N2O. The molecule has 0 aromatic rings. The van der Waals surface area contributed by atoms with Crippen molar-refractivity contribution in [1.29, 1.82) is 0 Å². The van der Waals surface area contributed by atoms with E-state index in [9.17, 15) is 4.79 Å². The van der Waals surface area contributed by atoms with Crippen LogP contribution in [0.4, 0.5) is 0 Å². The summed E-state index contributed by atoms with van der Waals surface area (Å²) >= 11 is 0. The van der Waals surface area contributed by atoms with Crippen molar-refractivity contribution in [3.05, 3.63) is 0 Å². The molecule has 0 radical (unpaired) electrons. The fourth-order valence-corrected chi connectivity index (χ4v) is 4.32. The molecule has 0 atom stereocenters. The van der Waals surface area contributed by atoms with Crippen LogP contribution in [0.1, 0.15) is 71.6 Å². The van der Waals surface area contributed by atoms with Crippen molar-refractivity contribution >= 4 is 5.91 Å². The monoisotopic (exact) mass is 294 g/mol. The van der Waals surface area contributed by atoms with Crippen LogP contribution < -0.4 is 10.6 Å². The lowest BCUT2D eigenvalue weighted by atomic mass is 9.78. The maximum absolute atomic E-state index is 12.1. The molecule has 0 unspecified atom stereocenters. The average Bonchev–Trinajstić information content (AvgIpc) is 2.92. The van der Waals surface area contributed by atoms with E-state index in [1.807, 2.05) is 0 Å². The molecule has 21 heavy (non-hydrogen) atoms. The Morgan fingerprint density at radius 3 is 2.52 bits per heavy atom. The molecular weight excluding hydrogens is 260 g/mol. The van der Waals surface area contributed by atoms with Crippen molar-refractivity contribution in [3.63, 3.8) is 0 Å². The molecule has 3 heteroatoms. The first-order valence-electron chi connectivity index (χ1n) is 9.07. The second kappa shape index (κ2) is 8.17. The number of carbonyl (C=O) groups is 1. The molecule has 1 amide bonds. The molecule has 2 aliphatic rings. The molecule has 0 spiro atoms. The summed E-state index contributed by atoms with van der Waals surface area (Å²) in [5.74, 6) is 1.77. The van der Waals surface area contributed by atoms with Gasteiger partial charge in [-0.15, -0.1) is 0 Å². The van der Waals surface area contributed by atoms with E-state index in [-0.39, 0.29) is 5.91 Å². The summed E-state index contributed by atoms with van der Waals surface area (Å²) in [5.41, 5.74) is 0.401. The molecule has 1 saturated heterocycles. The predicted molar refractivity (Wildman–Crippen MR) is 88.2 cm³/mol. The van der Waals surface area contributed by atoms with Crippen LogP contribution in [0.3, 0.4) is 0 Å². The number of hydrogen-bond acceptors (Lipinski definition) is 2. The van der Waals surface area contributed by atoms with Gasteiger partial charge in [0.15, 0.2) is 0 Å². The van der Waals surface area contributed by atoms with E-state index in [2.05, 4.69) is 24.5 Å². The zero-order chi connectivity index (χ0) is 15.1. The number of hydrogen-bond donors (Lipinski definition) is 2. The van der Waals surface area contributed by atoms with E-state index >= 15 is 0 Å². The molecule has 122 valence electrons. The minimum absolute atomic E-state index is 0.281. The summed E-state index contributed by atoms with van der Waals surface area (Å²) in [6, 6.07) is 0. The number of piperidine rings is 1. The van der Waals surface area contributed by atoms with Gasteiger partial charge in [-0.1, -0.05) is 26.7 Å². The molecule has 2 fully saturated rings. The Labute approximate surface area is 130 Å². The Morgan fingerprint density at radius 2 is 1.90 bits per heavy atom. The second-order valence-electron chi connectivity index (χ2n) is 7.81. The largest absolute Gasteiger partial charge is 0.356 e. The first-order valence-corrected chi connectivity index (χ1v) is 9.07. The predicted octanol–water partition coefficient (Wildman–Crippen LogP) is 3.49. The molecule has 0 bridgehead atoms. The van der Waals surface area contributed by atoms with Gasteiger partial charge in [0, 0.05) is 13.0 Å². The van der Waals surface area contributed by atoms with Gasteiger partial charge in [-0.3, -0.25) is 4.79 Å². The van der Waals surface area contributed by atoms with Gasteiger partial charge in [-0.25, -0.2) is 0 Å². The van der Waals surface area contributed by atoms with E-state index in [0.717, 1.165) is 44.3 Å². The van der Waals surface area contributed by atoms with Gasteiger partial charge in [0.25, 0.3) is 0 Å². The van der Waals surface area contributed by atoms with Crippen molar-refractivity contribution in [1.82, 2.24) is 10.6 Å². The van der Waals surface area contributed by atoms with Crippen LogP contribution in [0.2, 0.25) is 0 Å². The van der Waals surface area contributed by atoms with Crippen LogP contribution in [-0.4, -0.2) is 25.5 Å². The van der Waals surface area contributed by atoms with Gasteiger partial charge in [0.2, 0.25) is 5.91 Å². The third-order valence-electron chi connectivity index (χ3n) is 5.40. The minimum Gasteiger partial charge on any atom is -0.356 e. The molecule has 1 aliphatic carbocycles. The number of amides is 1. The highest BCUT2D eigenvalue weighted by Crippen LogP contribution is 2.42. The molecule has 2 N–H and O–H groups in total. The number of carbonyl (C=O) groups excluding carboxylic acids is 1. The Kier molecular flexibility index (Phi) is 6.53. The van der Waals surface area contributed by atoms with Crippen molar-refractivity contribution in [2.45, 2.75) is 71.6 Å². The van der Waals surface area contributed by atoms with Crippen LogP contribution >= 0.6 is 0 Å². The van der Waals surface area contributed by atoms with Gasteiger partial charge >= 0.3 is 0 Å². The SMILES string of the molecule is CC(C)CC1(CNC(=O)CCC2CCNCC2)CCCC1. The first-order chi connectivity index (χ1) is 10.1. The smallest absolute Gasteiger partial charge is 0.220 e. The Morgan fingerprint density at radius 1 is 1.24 bits per heavy atom. The topological polar surface area (TPSA) is 41.1 Å². The zero-order valence-corrected chi connectivity index (χ0v) is 14.0. The number of nitrogens with one attached hydrogen (secondary N) is 2. The van der Waals surface area contributed by atoms with Gasteiger partial charge in [-0.2, -0.15) is 0 Å². The lowest BCUT2D eigenvalue weighted by Crippen LogP contribution is -2.37. The quantitative estimate of drug-likeness (QED) is 0.754. The maximum Gasteiger partial charge on any atom is 0.220 e. The minimum atomic E-state index is 0.281. The summed E-state index contributed by atoms with van der Waals surface area (Å²) in [6.45, 7) is 7.78. The highest BCUT2D eigenvalue weighted by molar-refractivity contribution is 5.75. The normalized spacial score (nSPS) is 22.6. The van der Waals surface area contributed by atoms with Crippen LogP contribution in [0.15, 0.2) is 0 Å². The fraction of sp³-hybridized carbons (Fsp3) is 0.944. The molecule has 0 aromatic carbocycles. The fourth-order valence-electron chi connectivity index (χ4n) is 4.32. The van der Waals surface area contributed by atoms with E-state index in [4.69, 9.17) is 0 Å². The van der Waals surface area contributed by atoms with E-state index in [0.29, 0.717) is 5.41 Å². The molecule has 3 nitrogen and oxygen atoms in total. The second-order valence-corrected chi connectivity index (χ2v) is 7.81. The molecule has 0 aromatic heterocycles. The van der Waals surface area contributed by atoms with Crippen molar-refractivity contribution in [2.75, 3.05) is 19.6 Å². The lowest BCUT2D eigenvalue weighted by molar-refractivity contribution is -0.122. The number of rotatable bonds is 7. The molecule has 1 heterocycles. The van der Waals surface area contributed by atoms with Gasteiger partial charge in [0.1, 0.15) is 0 Å². The zero-order valence-electron chi connectivity index (χ0n) is 14.0. The highest BCUT2D eigenvalue weighted by Gasteiger charge is 2.34. The molecule has 2 rings (SSSR count). The summed E-state index contributed by atoms with van der Waals surface area (Å²) in [6.07, 6.45) is 10.8. The first kappa shape index (κ1) is 16.8. The standard InChI is InChI=1S/C18H34N2O/c1-15(2)13-18(9-3-4-10-18)14-20-17(21)6-5-16-7-11-19-12-8-16/h15-16,19H,3-14H2,1-2H3,(H,20,21). The van der Waals surface area contributed by atoms with Crippen LogP contribution in [0, 0.1) is 17.3 Å². The van der Waals surface area contributed by atoms with Gasteiger partial charge < -0.3 is 10.6 Å². The maximum atomic E-state index is 12.1. The van der Waals surface area contributed by atoms with E-state index < -0.39 is 0 Å². The summed E-state index contributed by atoms with van der Waals surface area (Å²) in [4.78, 5) is 12.1. The van der Waals surface area contributed by atoms with Crippen molar-refractivity contribution in [2.24, 2.45) is 17.3 Å². The average molecular weight is 294 g/mol. The van der Waals surface area contributed by atoms with Crippen LogP contribution in [0.25, 0.3) is 0 Å². The molecule has 1 aliphatic heterocycles. The van der Waals surface area contributed by atoms with Crippen LogP contribution in [-0.2, 0) is 4.79 Å². The highest BCUT2D eigenvalue weighted by atomic mass is 16.1. The van der Waals surface area contributed by atoms with E-state index in [1.165, 1.54) is 44.9 Å². The van der Waals surface area contributed by atoms with Crippen molar-refractivity contribution < 1.29 is 4.79 Å². The summed E-state index contributed by atoms with van der Waals surface area (Å²) in [7, 11) is 0. The van der Waals surface area contributed by atoms with Gasteiger partial charge in [-0.05, 0) is 68.9 Å².